The van der Waals surface area contributed by atoms with Crippen molar-refractivity contribution in [3.8, 4) is 0 Å². The lowest BCUT2D eigenvalue weighted by Gasteiger charge is -2.14. The Bertz CT molecular complexity index is 355. The molecule has 0 radical (unpaired) electrons. The third kappa shape index (κ3) is 2.15. The van der Waals surface area contributed by atoms with Crippen molar-refractivity contribution in [3.63, 3.8) is 0 Å². The van der Waals surface area contributed by atoms with Crippen molar-refractivity contribution in [3.05, 3.63) is 22.5 Å². The van der Waals surface area contributed by atoms with Crippen molar-refractivity contribution >= 4 is 0 Å². The number of H-pyrrole nitrogens is 1. The predicted molar refractivity (Wildman–Crippen MR) is 65.6 cm³/mol. The van der Waals surface area contributed by atoms with Gasteiger partial charge in [0.2, 0.25) is 0 Å². The number of rotatable bonds is 4. The molecule has 0 spiro atoms. The van der Waals surface area contributed by atoms with Gasteiger partial charge in [-0.05, 0) is 30.9 Å². The third-order valence-electron chi connectivity index (χ3n) is 3.29. The van der Waals surface area contributed by atoms with Crippen molar-refractivity contribution in [2.24, 2.45) is 5.73 Å². The minimum Gasteiger partial charge on any atom is -0.376 e. The lowest BCUT2D eigenvalue weighted by Crippen LogP contribution is -2.10. The molecule has 3 heteroatoms. The summed E-state index contributed by atoms with van der Waals surface area (Å²) in [5.41, 5.74) is 11.3. The van der Waals surface area contributed by atoms with Crippen LogP contribution >= 0.6 is 0 Å². The number of hydrogen-bond acceptors (Lipinski definition) is 2. The summed E-state index contributed by atoms with van der Waals surface area (Å²) in [4.78, 5) is 3.59. The molecule has 2 heterocycles. The van der Waals surface area contributed by atoms with Crippen LogP contribution in [-0.2, 0) is 24.2 Å². The Labute approximate surface area is 97.4 Å². The van der Waals surface area contributed by atoms with Gasteiger partial charge in [0.05, 0.1) is 13.2 Å². The Morgan fingerprint density at radius 2 is 2.25 bits per heavy atom. The summed E-state index contributed by atoms with van der Waals surface area (Å²) in [6.07, 6.45) is 3.17. The standard InChI is InChI=1S/C13H22N2O/c1-9(2)13-10(4-3-6-14)11-8-16-7-5-12(11)15-13/h9,15H,3-8,14H2,1-2H3. The highest BCUT2D eigenvalue weighted by Crippen LogP contribution is 2.29. The maximum Gasteiger partial charge on any atom is 0.0737 e. The normalized spacial score (nSPS) is 15.5. The van der Waals surface area contributed by atoms with Crippen molar-refractivity contribution in [1.82, 2.24) is 4.98 Å². The van der Waals surface area contributed by atoms with Gasteiger partial charge in [-0.2, -0.15) is 0 Å². The Morgan fingerprint density at radius 1 is 1.44 bits per heavy atom. The van der Waals surface area contributed by atoms with E-state index >= 15 is 0 Å². The number of ether oxygens (including phenoxy) is 1. The van der Waals surface area contributed by atoms with Crippen LogP contribution in [-0.4, -0.2) is 18.1 Å². The van der Waals surface area contributed by atoms with E-state index in [-0.39, 0.29) is 0 Å². The molecular formula is C13H22N2O. The van der Waals surface area contributed by atoms with Gasteiger partial charge in [-0.3, -0.25) is 0 Å². The van der Waals surface area contributed by atoms with Crippen molar-refractivity contribution in [1.29, 1.82) is 0 Å². The van der Waals surface area contributed by atoms with Crippen LogP contribution in [0.5, 0.6) is 0 Å². The van der Waals surface area contributed by atoms with Crippen LogP contribution in [0.4, 0.5) is 0 Å². The van der Waals surface area contributed by atoms with Gasteiger partial charge in [0.25, 0.3) is 0 Å². The van der Waals surface area contributed by atoms with E-state index < -0.39 is 0 Å². The fraction of sp³-hybridized carbons (Fsp3) is 0.692. The zero-order valence-corrected chi connectivity index (χ0v) is 10.3. The fourth-order valence-corrected chi connectivity index (χ4v) is 2.45. The quantitative estimate of drug-likeness (QED) is 0.819. The van der Waals surface area contributed by atoms with Gasteiger partial charge in [0.15, 0.2) is 0 Å². The first-order valence-electron chi connectivity index (χ1n) is 6.24. The monoisotopic (exact) mass is 222 g/mol. The number of nitrogens with two attached hydrogens (primary N) is 1. The molecule has 0 saturated carbocycles. The summed E-state index contributed by atoms with van der Waals surface area (Å²) in [6, 6.07) is 0. The average molecular weight is 222 g/mol. The molecule has 1 aliphatic heterocycles. The molecule has 0 fully saturated rings. The Balaban J connectivity index is 2.32. The molecule has 2 rings (SSSR count). The van der Waals surface area contributed by atoms with E-state index in [2.05, 4.69) is 18.8 Å². The maximum absolute atomic E-state index is 5.61. The fourth-order valence-electron chi connectivity index (χ4n) is 2.45. The molecule has 0 bridgehead atoms. The van der Waals surface area contributed by atoms with Gasteiger partial charge < -0.3 is 15.5 Å². The Hall–Kier alpha value is -0.800. The van der Waals surface area contributed by atoms with Gasteiger partial charge in [0, 0.05) is 23.4 Å². The molecule has 0 aromatic carbocycles. The van der Waals surface area contributed by atoms with Gasteiger partial charge in [-0.15, -0.1) is 0 Å². The second-order valence-electron chi connectivity index (χ2n) is 4.82. The summed E-state index contributed by atoms with van der Waals surface area (Å²) in [5.74, 6) is 0.554. The molecule has 0 amide bonds. The topological polar surface area (TPSA) is 51.0 Å². The SMILES string of the molecule is CC(C)c1[nH]c2c(c1CCCN)COCC2. The Kier molecular flexibility index (Phi) is 3.66. The van der Waals surface area contributed by atoms with Crippen molar-refractivity contribution in [2.45, 2.75) is 45.6 Å². The lowest BCUT2D eigenvalue weighted by molar-refractivity contribution is 0.109. The van der Waals surface area contributed by atoms with Gasteiger partial charge in [-0.1, -0.05) is 13.8 Å². The molecule has 1 aliphatic rings. The molecule has 0 aliphatic carbocycles. The van der Waals surface area contributed by atoms with Crippen LogP contribution in [0.3, 0.4) is 0 Å². The molecule has 0 atom stereocenters. The maximum atomic E-state index is 5.61. The highest BCUT2D eigenvalue weighted by Gasteiger charge is 2.21. The number of nitrogens with one attached hydrogen (secondary N) is 1. The minimum atomic E-state index is 0.554. The van der Waals surface area contributed by atoms with Gasteiger partial charge >= 0.3 is 0 Å². The third-order valence-corrected chi connectivity index (χ3v) is 3.29. The Morgan fingerprint density at radius 3 is 2.94 bits per heavy atom. The van der Waals surface area contributed by atoms with E-state index in [1.54, 1.807) is 0 Å². The van der Waals surface area contributed by atoms with E-state index in [1.165, 1.54) is 22.5 Å². The highest BCUT2D eigenvalue weighted by molar-refractivity contribution is 5.39. The van der Waals surface area contributed by atoms with Crippen LogP contribution in [0.1, 0.15) is 48.7 Å². The molecular weight excluding hydrogens is 200 g/mol. The summed E-state index contributed by atoms with van der Waals surface area (Å²) in [5, 5.41) is 0. The first kappa shape index (κ1) is 11.7. The minimum absolute atomic E-state index is 0.554. The molecule has 16 heavy (non-hydrogen) atoms. The molecule has 3 N–H and O–H groups in total. The lowest BCUT2D eigenvalue weighted by atomic mass is 9.97. The van der Waals surface area contributed by atoms with Crippen molar-refractivity contribution in [2.75, 3.05) is 13.2 Å². The predicted octanol–water partition coefficient (Wildman–Crippen LogP) is 2.10. The summed E-state index contributed by atoms with van der Waals surface area (Å²) >= 11 is 0. The zero-order valence-electron chi connectivity index (χ0n) is 10.3. The largest absolute Gasteiger partial charge is 0.376 e. The number of aromatic amines is 1. The van der Waals surface area contributed by atoms with E-state index in [0.717, 1.165) is 39.0 Å². The van der Waals surface area contributed by atoms with Crippen LogP contribution in [0.2, 0.25) is 0 Å². The first-order chi connectivity index (χ1) is 7.74. The second kappa shape index (κ2) is 5.02. The van der Waals surface area contributed by atoms with Crippen LogP contribution in [0.25, 0.3) is 0 Å². The van der Waals surface area contributed by atoms with Gasteiger partial charge in [0.1, 0.15) is 0 Å². The van der Waals surface area contributed by atoms with E-state index in [0.29, 0.717) is 5.92 Å². The molecule has 0 unspecified atom stereocenters. The zero-order chi connectivity index (χ0) is 11.5. The number of hydrogen-bond donors (Lipinski definition) is 2. The van der Waals surface area contributed by atoms with E-state index in [9.17, 15) is 0 Å². The van der Waals surface area contributed by atoms with E-state index in [1.807, 2.05) is 0 Å². The molecule has 1 aromatic rings. The second-order valence-corrected chi connectivity index (χ2v) is 4.82. The summed E-state index contributed by atoms with van der Waals surface area (Å²) in [7, 11) is 0. The van der Waals surface area contributed by atoms with Crippen LogP contribution in [0.15, 0.2) is 0 Å². The average Bonchev–Trinajstić information content (AvgIpc) is 2.65. The summed E-state index contributed by atoms with van der Waals surface area (Å²) in [6.45, 7) is 6.87. The van der Waals surface area contributed by atoms with Gasteiger partial charge in [-0.25, -0.2) is 0 Å². The smallest absolute Gasteiger partial charge is 0.0737 e. The molecule has 3 nitrogen and oxygen atoms in total. The molecule has 90 valence electrons. The van der Waals surface area contributed by atoms with E-state index in [4.69, 9.17) is 10.5 Å². The number of fused-ring (bicyclic) bond motifs is 1. The molecule has 1 aromatic heterocycles. The van der Waals surface area contributed by atoms with Crippen molar-refractivity contribution < 1.29 is 4.74 Å². The van der Waals surface area contributed by atoms with Crippen LogP contribution in [0, 0.1) is 0 Å². The highest BCUT2D eigenvalue weighted by atomic mass is 16.5. The molecule has 0 saturated heterocycles. The number of aromatic nitrogens is 1. The first-order valence-corrected chi connectivity index (χ1v) is 6.24. The summed E-state index contributed by atoms with van der Waals surface area (Å²) < 4.78 is 5.56. The van der Waals surface area contributed by atoms with Crippen LogP contribution < -0.4 is 5.73 Å².